The molecule has 2 aromatic carbocycles. The molecule has 1 aliphatic heterocycles. The maximum absolute atomic E-state index is 13.5. The Morgan fingerprint density at radius 1 is 1.11 bits per heavy atom. The molecular weight excluding hydrogens is 503 g/mol. The number of carbonyl (C=O) groups excluding carboxylic acids is 1. The van der Waals surface area contributed by atoms with E-state index in [1.54, 1.807) is 0 Å². The maximum atomic E-state index is 13.5. The summed E-state index contributed by atoms with van der Waals surface area (Å²) in [4.78, 5) is 13.5. The molecule has 1 saturated carbocycles. The lowest BCUT2D eigenvalue weighted by atomic mass is 9.78. The van der Waals surface area contributed by atoms with Gasteiger partial charge < -0.3 is 29.7 Å². The number of ether oxygens (including phenoxy) is 3. The van der Waals surface area contributed by atoms with Gasteiger partial charge in [0.25, 0.3) is 5.91 Å². The van der Waals surface area contributed by atoms with E-state index in [1.165, 1.54) is 12.1 Å². The van der Waals surface area contributed by atoms with Gasteiger partial charge in [-0.3, -0.25) is 4.79 Å². The topological polar surface area (TPSA) is 97.3 Å². The van der Waals surface area contributed by atoms with E-state index in [4.69, 9.17) is 14.2 Å². The summed E-state index contributed by atoms with van der Waals surface area (Å²) in [5, 5.41) is 24.2. The summed E-state index contributed by atoms with van der Waals surface area (Å²) in [5.74, 6) is -0.533. The van der Waals surface area contributed by atoms with Crippen molar-refractivity contribution in [3.05, 3.63) is 70.8 Å². The Morgan fingerprint density at radius 3 is 2.55 bits per heavy atom. The molecule has 2 fully saturated rings. The van der Waals surface area contributed by atoms with Crippen LogP contribution in [0, 0.1) is 6.92 Å². The van der Waals surface area contributed by atoms with E-state index >= 15 is 0 Å². The summed E-state index contributed by atoms with van der Waals surface area (Å²) in [6.07, 6.45) is -6.88. The van der Waals surface area contributed by atoms with Gasteiger partial charge in [0.1, 0.15) is 6.10 Å². The number of hydrogen-bond acceptors (Lipinski definition) is 6. The van der Waals surface area contributed by atoms with Crippen LogP contribution < -0.4 is 5.32 Å². The fourth-order valence-electron chi connectivity index (χ4n) is 4.88. The van der Waals surface area contributed by atoms with E-state index in [0.29, 0.717) is 6.61 Å². The Bertz CT molecular complexity index is 1070. The molecule has 0 radical (unpaired) electrons. The first-order valence-electron chi connectivity index (χ1n) is 12.8. The number of halogens is 3. The monoisotopic (exact) mass is 537 g/mol. The Morgan fingerprint density at radius 2 is 1.87 bits per heavy atom. The van der Waals surface area contributed by atoms with Gasteiger partial charge in [-0.2, -0.15) is 13.2 Å². The number of aryl methyl sites for hydroxylation is 1. The van der Waals surface area contributed by atoms with Crippen molar-refractivity contribution < 1.29 is 42.4 Å². The Balaban J connectivity index is 1.53. The molecule has 2 aromatic rings. The molecule has 208 valence electrons. The van der Waals surface area contributed by atoms with Crippen LogP contribution in [-0.2, 0) is 38.4 Å². The van der Waals surface area contributed by atoms with Crippen LogP contribution in [0.5, 0.6) is 0 Å². The van der Waals surface area contributed by atoms with Crippen LogP contribution in [0.25, 0.3) is 0 Å². The quantitative estimate of drug-likeness (QED) is 0.452. The molecule has 1 amide bonds. The van der Waals surface area contributed by atoms with E-state index in [0.717, 1.165) is 36.1 Å². The van der Waals surface area contributed by atoms with Gasteiger partial charge in [0.2, 0.25) is 0 Å². The van der Waals surface area contributed by atoms with Crippen LogP contribution in [0.2, 0.25) is 0 Å². The number of nitrogens with one attached hydrogen (secondary N) is 1. The number of aliphatic hydroxyl groups excluding tert-OH is 2. The molecule has 0 bridgehead atoms. The zero-order valence-corrected chi connectivity index (χ0v) is 21.2. The third kappa shape index (κ3) is 7.12. The van der Waals surface area contributed by atoms with E-state index in [9.17, 15) is 28.2 Å². The molecule has 5 atom stereocenters. The number of carbonyl (C=O) groups is 1. The summed E-state index contributed by atoms with van der Waals surface area (Å²) < 4.78 is 57.2. The normalized spacial score (nSPS) is 27.8. The average molecular weight is 538 g/mol. The van der Waals surface area contributed by atoms with Gasteiger partial charge in [-0.15, -0.1) is 0 Å². The van der Waals surface area contributed by atoms with Crippen LogP contribution in [-0.4, -0.2) is 59.3 Å². The Kier molecular flexibility index (Phi) is 9.10. The van der Waals surface area contributed by atoms with Crippen LogP contribution in [0.4, 0.5) is 13.2 Å². The number of benzene rings is 2. The molecule has 1 saturated heterocycles. The average Bonchev–Trinajstić information content (AvgIpc) is 3.41. The standard InChI is InChI=1S/C28H34F3NO6/c1-18-7-9-19(10-8-18)16-37-24-14-27(13-23(33)25(24)34,26(35)32-15-22-6-3-11-36-22)38-17-20-4-2-5-21(12-20)28(29,30)31/h2,4-5,7-10,12,22-25,33-34H,3,6,11,13-17H2,1H3,(H,32,35)/t22-,23+,24-,25+,27-/m0/s1. The van der Waals surface area contributed by atoms with Gasteiger partial charge in [-0.05, 0) is 43.0 Å². The van der Waals surface area contributed by atoms with Crippen molar-refractivity contribution in [2.75, 3.05) is 13.2 Å². The van der Waals surface area contributed by atoms with Crippen molar-refractivity contribution in [1.29, 1.82) is 0 Å². The highest BCUT2D eigenvalue weighted by atomic mass is 19.4. The minimum atomic E-state index is -4.52. The third-order valence-electron chi connectivity index (χ3n) is 7.13. The minimum Gasteiger partial charge on any atom is -0.390 e. The maximum Gasteiger partial charge on any atom is 0.416 e. The molecule has 7 nitrogen and oxygen atoms in total. The van der Waals surface area contributed by atoms with E-state index in [-0.39, 0.29) is 44.3 Å². The van der Waals surface area contributed by atoms with Crippen LogP contribution >= 0.6 is 0 Å². The Labute approximate surface area is 219 Å². The molecule has 10 heteroatoms. The second-order valence-electron chi connectivity index (χ2n) is 10.1. The van der Waals surface area contributed by atoms with Crippen molar-refractivity contribution >= 4 is 5.91 Å². The van der Waals surface area contributed by atoms with Crippen LogP contribution in [0.3, 0.4) is 0 Å². The molecule has 3 N–H and O–H groups in total. The molecular formula is C28H34F3NO6. The number of aliphatic hydroxyl groups is 2. The molecule has 38 heavy (non-hydrogen) atoms. The summed E-state index contributed by atoms with van der Waals surface area (Å²) in [6.45, 7) is 2.64. The number of hydrogen-bond donors (Lipinski definition) is 3. The highest BCUT2D eigenvalue weighted by Crippen LogP contribution is 2.36. The van der Waals surface area contributed by atoms with E-state index < -0.39 is 41.6 Å². The zero-order valence-electron chi connectivity index (χ0n) is 21.2. The number of rotatable bonds is 9. The predicted octanol–water partition coefficient (Wildman–Crippen LogP) is 3.67. The van der Waals surface area contributed by atoms with Crippen molar-refractivity contribution in [3.8, 4) is 0 Å². The first-order chi connectivity index (χ1) is 18.1. The van der Waals surface area contributed by atoms with Gasteiger partial charge in [-0.25, -0.2) is 0 Å². The molecule has 2 aliphatic rings. The predicted molar refractivity (Wildman–Crippen MR) is 132 cm³/mol. The minimum absolute atomic E-state index is 0.0899. The molecule has 0 spiro atoms. The number of amides is 1. The second-order valence-corrected chi connectivity index (χ2v) is 10.1. The van der Waals surface area contributed by atoms with Crippen molar-refractivity contribution in [3.63, 3.8) is 0 Å². The van der Waals surface area contributed by atoms with Gasteiger partial charge >= 0.3 is 6.18 Å². The fraction of sp³-hybridized carbons (Fsp3) is 0.536. The second kappa shape index (κ2) is 12.1. The van der Waals surface area contributed by atoms with E-state index in [2.05, 4.69) is 5.32 Å². The Hall–Kier alpha value is -2.50. The molecule has 0 unspecified atom stereocenters. The van der Waals surface area contributed by atoms with Gasteiger partial charge in [0.05, 0.1) is 37.1 Å². The lowest BCUT2D eigenvalue weighted by Crippen LogP contribution is -2.61. The summed E-state index contributed by atoms with van der Waals surface area (Å²) in [6, 6.07) is 12.3. The SMILES string of the molecule is Cc1ccc(CO[C@H]2C[C@](OCc3cccc(C(F)(F)F)c3)(C(=O)NC[C@@H]3CCCO3)C[C@@H](O)[C@H]2O)cc1. The van der Waals surface area contributed by atoms with E-state index in [1.807, 2.05) is 31.2 Å². The first-order valence-corrected chi connectivity index (χ1v) is 12.8. The van der Waals surface area contributed by atoms with Crippen LogP contribution in [0.1, 0.15) is 47.9 Å². The largest absolute Gasteiger partial charge is 0.416 e. The highest BCUT2D eigenvalue weighted by Gasteiger charge is 2.51. The smallest absolute Gasteiger partial charge is 0.390 e. The summed E-state index contributed by atoms with van der Waals surface area (Å²) in [7, 11) is 0. The zero-order chi connectivity index (χ0) is 27.3. The molecule has 1 aliphatic carbocycles. The van der Waals surface area contributed by atoms with Crippen molar-refractivity contribution in [2.24, 2.45) is 0 Å². The van der Waals surface area contributed by atoms with Gasteiger partial charge in [0, 0.05) is 26.0 Å². The molecule has 0 aromatic heterocycles. The lowest BCUT2D eigenvalue weighted by Gasteiger charge is -2.44. The van der Waals surface area contributed by atoms with Gasteiger partial charge in [-0.1, -0.05) is 42.0 Å². The fourth-order valence-corrected chi connectivity index (χ4v) is 4.88. The molecule has 1 heterocycles. The van der Waals surface area contributed by atoms with Crippen molar-refractivity contribution in [1.82, 2.24) is 5.32 Å². The summed E-state index contributed by atoms with van der Waals surface area (Å²) in [5.41, 5.74) is -0.311. The van der Waals surface area contributed by atoms with Crippen LogP contribution in [0.15, 0.2) is 48.5 Å². The number of alkyl halides is 3. The first kappa shape index (κ1) is 28.5. The summed E-state index contributed by atoms with van der Waals surface area (Å²) >= 11 is 0. The lowest BCUT2D eigenvalue weighted by molar-refractivity contribution is -0.200. The molecule has 4 rings (SSSR count). The highest BCUT2D eigenvalue weighted by molar-refractivity contribution is 5.85. The van der Waals surface area contributed by atoms with Crippen molar-refractivity contribution in [2.45, 2.75) is 82.0 Å². The van der Waals surface area contributed by atoms with Gasteiger partial charge in [0.15, 0.2) is 5.60 Å². The third-order valence-corrected chi connectivity index (χ3v) is 7.13.